The van der Waals surface area contributed by atoms with Crippen molar-refractivity contribution in [3.05, 3.63) is 96.4 Å². The van der Waals surface area contributed by atoms with Crippen LogP contribution in [0.3, 0.4) is 0 Å². The zero-order valence-electron chi connectivity index (χ0n) is 15.4. The third-order valence-corrected chi connectivity index (χ3v) is 5.52. The van der Waals surface area contributed by atoms with Gasteiger partial charge < -0.3 is 4.57 Å². The minimum absolute atomic E-state index is 0.698. The molecule has 1 N–H and O–H groups in total. The molecule has 0 radical (unpaired) electrons. The summed E-state index contributed by atoms with van der Waals surface area (Å²) in [6.07, 6.45) is 5.39. The molecular weight excluding hydrogens is 378 g/mol. The second-order valence-corrected chi connectivity index (χ2v) is 7.28. The molecule has 0 fully saturated rings. The van der Waals surface area contributed by atoms with E-state index in [1.165, 1.54) is 0 Å². The number of anilines is 1. The van der Waals surface area contributed by atoms with Crippen LogP contribution in [-0.2, 0) is 0 Å². The average Bonchev–Trinajstić information content (AvgIpc) is 3.43. The van der Waals surface area contributed by atoms with Crippen LogP contribution in [0, 0.1) is 0 Å². The number of rotatable bonds is 5. The summed E-state index contributed by atoms with van der Waals surface area (Å²) >= 11 is 1.61. The van der Waals surface area contributed by atoms with Gasteiger partial charge in [-0.05, 0) is 29.8 Å². The van der Waals surface area contributed by atoms with E-state index in [2.05, 4.69) is 54.7 Å². The molecule has 0 unspecified atom stereocenters. The van der Waals surface area contributed by atoms with Crippen LogP contribution in [0.5, 0.6) is 0 Å². The molecule has 3 heterocycles. The summed E-state index contributed by atoms with van der Waals surface area (Å²) in [5.74, 6) is 0.698. The Hall–Kier alpha value is -3.77. The van der Waals surface area contributed by atoms with Crippen molar-refractivity contribution >= 4 is 33.6 Å². The zero-order chi connectivity index (χ0) is 19.5. The Morgan fingerprint density at radius 1 is 0.897 bits per heavy atom. The van der Waals surface area contributed by atoms with E-state index in [0.717, 1.165) is 32.7 Å². The van der Waals surface area contributed by atoms with E-state index in [1.807, 2.05) is 54.7 Å². The molecule has 0 spiro atoms. The summed E-state index contributed by atoms with van der Waals surface area (Å²) in [5.41, 5.74) is 7.42. The summed E-state index contributed by atoms with van der Waals surface area (Å²) < 4.78 is 2.08. The fourth-order valence-electron chi connectivity index (χ4n) is 3.27. The number of hydrogen-bond acceptors (Lipinski definition) is 5. The predicted octanol–water partition coefficient (Wildman–Crippen LogP) is 5.60. The van der Waals surface area contributed by atoms with Crippen molar-refractivity contribution in [3.8, 4) is 16.8 Å². The van der Waals surface area contributed by atoms with Crippen LogP contribution in [0.1, 0.15) is 5.69 Å². The quantitative estimate of drug-likeness (QED) is 0.311. The first-order valence-electron chi connectivity index (χ1n) is 9.19. The first kappa shape index (κ1) is 17.3. The lowest BCUT2D eigenvalue weighted by molar-refractivity contribution is 1.06. The summed E-state index contributed by atoms with van der Waals surface area (Å²) in [7, 11) is 0. The van der Waals surface area contributed by atoms with E-state index >= 15 is 0 Å². The molecule has 0 aliphatic carbocycles. The monoisotopic (exact) mass is 395 g/mol. The molecule has 6 heteroatoms. The van der Waals surface area contributed by atoms with Crippen LogP contribution < -0.4 is 5.43 Å². The summed E-state index contributed by atoms with van der Waals surface area (Å²) in [6, 6.07) is 24.5. The maximum Gasteiger partial charge on any atom is 0.159 e. The lowest BCUT2D eigenvalue weighted by Crippen LogP contribution is -2.00. The Morgan fingerprint density at radius 2 is 1.69 bits per heavy atom. The number of nitrogens with one attached hydrogen (secondary N) is 1. The molecule has 0 aliphatic heterocycles. The van der Waals surface area contributed by atoms with E-state index in [0.29, 0.717) is 5.82 Å². The molecule has 140 valence electrons. The van der Waals surface area contributed by atoms with Crippen LogP contribution in [0.2, 0.25) is 0 Å². The van der Waals surface area contributed by atoms with Crippen molar-refractivity contribution < 1.29 is 0 Å². The van der Waals surface area contributed by atoms with Gasteiger partial charge in [0.2, 0.25) is 0 Å². The highest BCUT2D eigenvalue weighted by Crippen LogP contribution is 2.36. The van der Waals surface area contributed by atoms with Crippen molar-refractivity contribution in [2.24, 2.45) is 5.10 Å². The molecule has 0 aliphatic rings. The van der Waals surface area contributed by atoms with E-state index in [1.54, 1.807) is 23.9 Å². The van der Waals surface area contributed by atoms with Crippen LogP contribution in [-0.4, -0.2) is 20.7 Å². The van der Waals surface area contributed by atoms with Gasteiger partial charge in [-0.1, -0.05) is 48.5 Å². The first-order valence-corrected chi connectivity index (χ1v) is 10.1. The molecule has 0 saturated heterocycles. The SMILES string of the molecule is C(=N/Nc1ncnc2scc(-c3ccccc3)c12)/c1cccn1-c1ccccc1. The third-order valence-electron chi connectivity index (χ3n) is 4.64. The number of para-hydroxylation sites is 1. The van der Waals surface area contributed by atoms with Gasteiger partial charge in [-0.3, -0.25) is 5.43 Å². The summed E-state index contributed by atoms with van der Waals surface area (Å²) in [5, 5.41) is 7.55. The highest BCUT2D eigenvalue weighted by molar-refractivity contribution is 7.17. The number of fused-ring (bicyclic) bond motifs is 1. The van der Waals surface area contributed by atoms with E-state index in [4.69, 9.17) is 0 Å². The van der Waals surface area contributed by atoms with Gasteiger partial charge in [0.05, 0.1) is 17.3 Å². The molecule has 5 aromatic rings. The second kappa shape index (κ2) is 7.69. The Bertz CT molecular complexity index is 1270. The third kappa shape index (κ3) is 3.41. The predicted molar refractivity (Wildman–Crippen MR) is 120 cm³/mol. The molecule has 0 saturated carbocycles. The van der Waals surface area contributed by atoms with Gasteiger partial charge >= 0.3 is 0 Å². The van der Waals surface area contributed by atoms with E-state index < -0.39 is 0 Å². The maximum atomic E-state index is 4.45. The Morgan fingerprint density at radius 3 is 2.52 bits per heavy atom. The minimum Gasteiger partial charge on any atom is -0.316 e. The second-order valence-electron chi connectivity index (χ2n) is 6.43. The van der Waals surface area contributed by atoms with Crippen LogP contribution in [0.15, 0.2) is 95.8 Å². The first-order chi connectivity index (χ1) is 14.4. The van der Waals surface area contributed by atoms with Gasteiger partial charge in [0.15, 0.2) is 5.82 Å². The molecule has 2 aromatic carbocycles. The van der Waals surface area contributed by atoms with Crippen molar-refractivity contribution in [1.29, 1.82) is 0 Å². The van der Waals surface area contributed by atoms with Gasteiger partial charge in [0, 0.05) is 22.8 Å². The van der Waals surface area contributed by atoms with Gasteiger partial charge in [-0.2, -0.15) is 5.10 Å². The summed E-state index contributed by atoms with van der Waals surface area (Å²) in [4.78, 5) is 9.77. The lowest BCUT2D eigenvalue weighted by atomic mass is 10.1. The molecule has 0 atom stereocenters. The number of hydrogen-bond donors (Lipinski definition) is 1. The molecule has 5 nitrogen and oxygen atoms in total. The fraction of sp³-hybridized carbons (Fsp3) is 0. The van der Waals surface area contributed by atoms with Gasteiger partial charge in [-0.25, -0.2) is 9.97 Å². The lowest BCUT2D eigenvalue weighted by Gasteiger charge is -2.06. The van der Waals surface area contributed by atoms with Crippen LogP contribution in [0.4, 0.5) is 5.82 Å². The summed E-state index contributed by atoms with van der Waals surface area (Å²) in [6.45, 7) is 0. The smallest absolute Gasteiger partial charge is 0.159 e. The van der Waals surface area contributed by atoms with Gasteiger partial charge in [0.1, 0.15) is 11.2 Å². The fourth-order valence-corrected chi connectivity index (χ4v) is 4.19. The largest absolute Gasteiger partial charge is 0.316 e. The van der Waals surface area contributed by atoms with Crippen molar-refractivity contribution in [2.75, 3.05) is 5.43 Å². The van der Waals surface area contributed by atoms with E-state index in [9.17, 15) is 0 Å². The van der Waals surface area contributed by atoms with Crippen molar-refractivity contribution in [2.45, 2.75) is 0 Å². The standard InChI is InChI=1S/C23H17N5S/c1-3-8-17(9-4-1)20-15-29-23-21(20)22(24-16-25-23)27-26-14-19-12-7-13-28(19)18-10-5-2-6-11-18/h1-16H,(H,24,25,27)/b26-14-. The van der Waals surface area contributed by atoms with E-state index in [-0.39, 0.29) is 0 Å². The van der Waals surface area contributed by atoms with Gasteiger partial charge in [-0.15, -0.1) is 11.3 Å². The molecule has 0 amide bonds. The number of benzene rings is 2. The molecule has 5 rings (SSSR count). The highest BCUT2D eigenvalue weighted by atomic mass is 32.1. The maximum absolute atomic E-state index is 4.45. The van der Waals surface area contributed by atoms with Crippen molar-refractivity contribution in [3.63, 3.8) is 0 Å². The Balaban J connectivity index is 1.47. The van der Waals surface area contributed by atoms with Gasteiger partial charge in [0.25, 0.3) is 0 Å². The van der Waals surface area contributed by atoms with Crippen LogP contribution in [0.25, 0.3) is 27.0 Å². The molecular formula is C23H17N5S. The Labute approximate surface area is 172 Å². The Kier molecular flexibility index (Phi) is 4.60. The number of thiophene rings is 1. The molecule has 3 aromatic heterocycles. The normalized spacial score (nSPS) is 11.3. The topological polar surface area (TPSA) is 55.1 Å². The zero-order valence-corrected chi connectivity index (χ0v) is 16.3. The molecule has 29 heavy (non-hydrogen) atoms. The number of nitrogens with zero attached hydrogens (tertiary/aromatic N) is 4. The molecule has 0 bridgehead atoms. The van der Waals surface area contributed by atoms with Crippen molar-refractivity contribution in [1.82, 2.24) is 14.5 Å². The average molecular weight is 395 g/mol. The highest BCUT2D eigenvalue weighted by Gasteiger charge is 2.12. The number of hydrazone groups is 1. The number of aromatic nitrogens is 3. The van der Waals surface area contributed by atoms with Crippen LogP contribution >= 0.6 is 11.3 Å². The minimum atomic E-state index is 0.698.